The van der Waals surface area contributed by atoms with Gasteiger partial charge in [-0.2, -0.15) is 0 Å². The molecule has 1 aromatic rings. The highest BCUT2D eigenvalue weighted by atomic mass is 32.2. The highest BCUT2D eigenvalue weighted by molar-refractivity contribution is 7.90. The predicted molar refractivity (Wildman–Crippen MR) is 57.8 cm³/mol. The first-order chi connectivity index (χ1) is 6.88. The average Bonchev–Trinajstić information content (AvgIpc) is 2.05. The van der Waals surface area contributed by atoms with Gasteiger partial charge in [0.05, 0.1) is 5.75 Å². The van der Waals surface area contributed by atoms with Crippen LogP contribution in [0.2, 0.25) is 0 Å². The zero-order chi connectivity index (χ0) is 11.5. The Morgan fingerprint density at radius 1 is 1.40 bits per heavy atom. The van der Waals surface area contributed by atoms with Gasteiger partial charge >= 0.3 is 0 Å². The second-order valence-corrected chi connectivity index (χ2v) is 5.83. The zero-order valence-corrected chi connectivity index (χ0v) is 9.30. The smallest absolute Gasteiger partial charge is 0.148 e. The van der Waals surface area contributed by atoms with E-state index < -0.39 is 15.9 Å². The van der Waals surface area contributed by atoms with Crippen LogP contribution >= 0.6 is 0 Å². The van der Waals surface area contributed by atoms with Gasteiger partial charge in [0, 0.05) is 12.3 Å². The van der Waals surface area contributed by atoms with Gasteiger partial charge in [0.15, 0.2) is 0 Å². The molecule has 1 unspecified atom stereocenters. The number of rotatable bonds is 4. The Balaban J connectivity index is 2.67. The van der Waals surface area contributed by atoms with Crippen molar-refractivity contribution in [3.05, 3.63) is 35.6 Å². The molecule has 3 nitrogen and oxygen atoms in total. The molecular weight excluding hydrogens is 217 g/mol. The van der Waals surface area contributed by atoms with Gasteiger partial charge in [-0.05, 0) is 18.1 Å². The molecule has 0 aliphatic carbocycles. The third-order valence-corrected chi connectivity index (χ3v) is 2.99. The molecule has 0 bridgehead atoms. The van der Waals surface area contributed by atoms with Crippen LogP contribution in [0.1, 0.15) is 5.56 Å². The minimum atomic E-state index is -3.10. The van der Waals surface area contributed by atoms with E-state index >= 15 is 0 Å². The molecule has 0 aliphatic heterocycles. The maximum absolute atomic E-state index is 13.2. The third kappa shape index (κ3) is 4.40. The minimum Gasteiger partial charge on any atom is -0.326 e. The van der Waals surface area contributed by atoms with E-state index in [0.717, 1.165) is 6.26 Å². The summed E-state index contributed by atoms with van der Waals surface area (Å²) < 4.78 is 35.1. The van der Waals surface area contributed by atoms with E-state index in [1.165, 1.54) is 6.07 Å². The van der Waals surface area contributed by atoms with Crippen molar-refractivity contribution in [1.82, 2.24) is 0 Å². The standard InChI is InChI=1S/C10H14FNO2S/c1-15(13,14)7-9(12)6-8-4-2-3-5-10(8)11/h2-5,9H,6-7,12H2,1H3. The maximum atomic E-state index is 13.2. The second kappa shape index (κ2) is 4.72. The predicted octanol–water partition coefficient (Wildman–Crippen LogP) is 0.740. The van der Waals surface area contributed by atoms with Gasteiger partial charge in [0.2, 0.25) is 0 Å². The van der Waals surface area contributed by atoms with Gasteiger partial charge in [-0.1, -0.05) is 18.2 Å². The lowest BCUT2D eigenvalue weighted by Crippen LogP contribution is -2.31. The summed E-state index contributed by atoms with van der Waals surface area (Å²) in [5.74, 6) is -0.470. The molecule has 15 heavy (non-hydrogen) atoms. The normalized spacial score (nSPS) is 13.8. The van der Waals surface area contributed by atoms with Crippen molar-refractivity contribution in [2.75, 3.05) is 12.0 Å². The average molecular weight is 231 g/mol. The Bertz CT molecular complexity index is 431. The molecule has 0 aliphatic rings. The van der Waals surface area contributed by atoms with E-state index in [0.29, 0.717) is 5.56 Å². The largest absolute Gasteiger partial charge is 0.326 e. The Labute approximate surface area is 89.0 Å². The number of hydrogen-bond acceptors (Lipinski definition) is 3. The van der Waals surface area contributed by atoms with Crippen molar-refractivity contribution in [3.8, 4) is 0 Å². The van der Waals surface area contributed by atoms with Crippen molar-refractivity contribution in [2.45, 2.75) is 12.5 Å². The molecule has 1 rings (SSSR count). The molecule has 0 aromatic heterocycles. The number of benzene rings is 1. The first kappa shape index (κ1) is 12.1. The summed E-state index contributed by atoms with van der Waals surface area (Å²) in [6.45, 7) is 0. The van der Waals surface area contributed by atoms with Gasteiger partial charge in [-0.3, -0.25) is 0 Å². The summed E-state index contributed by atoms with van der Waals surface area (Å²) in [7, 11) is -3.10. The van der Waals surface area contributed by atoms with Crippen molar-refractivity contribution in [3.63, 3.8) is 0 Å². The fourth-order valence-electron chi connectivity index (χ4n) is 1.39. The van der Waals surface area contributed by atoms with E-state index in [4.69, 9.17) is 5.73 Å². The van der Waals surface area contributed by atoms with E-state index in [2.05, 4.69) is 0 Å². The quantitative estimate of drug-likeness (QED) is 0.831. The van der Waals surface area contributed by atoms with Gasteiger partial charge in [-0.25, -0.2) is 12.8 Å². The first-order valence-electron chi connectivity index (χ1n) is 4.55. The molecule has 84 valence electrons. The Kier molecular flexibility index (Phi) is 3.82. The summed E-state index contributed by atoms with van der Waals surface area (Å²) in [4.78, 5) is 0. The Hall–Kier alpha value is -0.940. The van der Waals surface area contributed by atoms with Crippen LogP contribution in [0.5, 0.6) is 0 Å². The highest BCUT2D eigenvalue weighted by Crippen LogP contribution is 2.08. The van der Waals surface area contributed by atoms with E-state index in [-0.39, 0.29) is 18.0 Å². The van der Waals surface area contributed by atoms with Gasteiger partial charge < -0.3 is 5.73 Å². The van der Waals surface area contributed by atoms with Crippen LogP contribution in [-0.2, 0) is 16.3 Å². The van der Waals surface area contributed by atoms with Crippen LogP contribution in [0.4, 0.5) is 4.39 Å². The van der Waals surface area contributed by atoms with Crippen molar-refractivity contribution in [1.29, 1.82) is 0 Å². The number of nitrogens with two attached hydrogens (primary N) is 1. The number of sulfone groups is 1. The first-order valence-corrected chi connectivity index (χ1v) is 6.61. The van der Waals surface area contributed by atoms with Crippen LogP contribution in [0, 0.1) is 5.82 Å². The van der Waals surface area contributed by atoms with Crippen molar-refractivity contribution in [2.24, 2.45) is 5.73 Å². The molecule has 5 heteroatoms. The Morgan fingerprint density at radius 2 is 2.00 bits per heavy atom. The lowest BCUT2D eigenvalue weighted by molar-refractivity contribution is 0.579. The molecule has 2 N–H and O–H groups in total. The lowest BCUT2D eigenvalue weighted by atomic mass is 10.1. The summed E-state index contributed by atoms with van der Waals surface area (Å²) in [6.07, 6.45) is 1.36. The van der Waals surface area contributed by atoms with Gasteiger partial charge in [0.1, 0.15) is 15.7 Å². The van der Waals surface area contributed by atoms with Crippen molar-refractivity contribution < 1.29 is 12.8 Å². The number of halogens is 1. The maximum Gasteiger partial charge on any atom is 0.148 e. The van der Waals surface area contributed by atoms with Crippen LogP contribution in [0.3, 0.4) is 0 Å². The van der Waals surface area contributed by atoms with E-state index in [1.807, 2.05) is 0 Å². The molecule has 0 heterocycles. The molecule has 0 saturated heterocycles. The molecule has 1 atom stereocenters. The summed E-state index contributed by atoms with van der Waals surface area (Å²) in [5.41, 5.74) is 6.07. The molecule has 0 spiro atoms. The van der Waals surface area contributed by atoms with E-state index in [9.17, 15) is 12.8 Å². The summed E-state index contributed by atoms with van der Waals surface area (Å²) in [6, 6.07) is 5.67. The van der Waals surface area contributed by atoms with Crippen LogP contribution in [0.15, 0.2) is 24.3 Å². The van der Waals surface area contributed by atoms with Gasteiger partial charge in [-0.15, -0.1) is 0 Å². The number of hydrogen-bond donors (Lipinski definition) is 1. The van der Waals surface area contributed by atoms with Crippen LogP contribution in [-0.4, -0.2) is 26.5 Å². The molecule has 1 aromatic carbocycles. The SMILES string of the molecule is CS(=O)(=O)CC(N)Cc1ccccc1F. The molecule has 0 saturated carbocycles. The lowest BCUT2D eigenvalue weighted by Gasteiger charge is -2.10. The van der Waals surface area contributed by atoms with Crippen LogP contribution < -0.4 is 5.73 Å². The minimum absolute atomic E-state index is 0.124. The molecular formula is C10H14FNO2S. The third-order valence-electron chi connectivity index (χ3n) is 1.96. The van der Waals surface area contributed by atoms with Crippen molar-refractivity contribution >= 4 is 9.84 Å². The molecule has 0 amide bonds. The fraction of sp³-hybridized carbons (Fsp3) is 0.400. The zero-order valence-electron chi connectivity index (χ0n) is 8.48. The van der Waals surface area contributed by atoms with E-state index in [1.54, 1.807) is 18.2 Å². The molecule has 0 radical (unpaired) electrons. The van der Waals surface area contributed by atoms with Crippen LogP contribution in [0.25, 0.3) is 0 Å². The second-order valence-electron chi connectivity index (χ2n) is 3.65. The fourth-order valence-corrected chi connectivity index (χ4v) is 2.29. The summed E-state index contributed by atoms with van der Waals surface area (Å²) >= 11 is 0. The topological polar surface area (TPSA) is 60.2 Å². The Morgan fingerprint density at radius 3 is 2.53 bits per heavy atom. The van der Waals surface area contributed by atoms with Gasteiger partial charge in [0.25, 0.3) is 0 Å². The monoisotopic (exact) mass is 231 g/mol. The molecule has 0 fully saturated rings. The highest BCUT2D eigenvalue weighted by Gasteiger charge is 2.13. The summed E-state index contributed by atoms with van der Waals surface area (Å²) in [5, 5.41) is 0.